The Morgan fingerprint density at radius 3 is 2.17 bits per heavy atom. The zero-order valence-corrected chi connectivity index (χ0v) is 13.7. The molecule has 1 atom stereocenters. The molecule has 0 aliphatic heterocycles. The highest BCUT2D eigenvalue weighted by atomic mass is 32.2. The quantitative estimate of drug-likeness (QED) is 0.792. The Labute approximate surface area is 138 Å². The van der Waals surface area contributed by atoms with Crippen LogP contribution in [0, 0.1) is 0 Å². The third-order valence-electron chi connectivity index (χ3n) is 3.41. The molecule has 0 spiro atoms. The zero-order valence-electron chi connectivity index (χ0n) is 12.9. The van der Waals surface area contributed by atoms with Gasteiger partial charge in [0.1, 0.15) is 0 Å². The summed E-state index contributed by atoms with van der Waals surface area (Å²) in [6.07, 6.45) is 6.75. The molecule has 3 nitrogen and oxygen atoms in total. The highest BCUT2D eigenvalue weighted by molar-refractivity contribution is 7.94. The lowest BCUT2D eigenvalue weighted by Crippen LogP contribution is -2.17. The van der Waals surface area contributed by atoms with Gasteiger partial charge in [0.2, 0.25) is 0 Å². The van der Waals surface area contributed by atoms with Crippen LogP contribution in [-0.4, -0.2) is 14.5 Å². The predicted molar refractivity (Wildman–Crippen MR) is 94.6 cm³/mol. The standard InChI is InChI=1S/C19H21NO2S/c20-18(15-14-17-9-3-1-4-10-17)11-7-8-16-23(21,22)19-12-5-2-6-13-19/h1-13,16,18H,14-15,20H2/t18-/m1/s1. The Bertz CT molecular complexity index is 750. The highest BCUT2D eigenvalue weighted by Crippen LogP contribution is 2.11. The van der Waals surface area contributed by atoms with E-state index in [4.69, 9.17) is 5.73 Å². The lowest BCUT2D eigenvalue weighted by atomic mass is 10.1. The van der Waals surface area contributed by atoms with E-state index in [9.17, 15) is 8.42 Å². The molecule has 0 saturated heterocycles. The van der Waals surface area contributed by atoms with Gasteiger partial charge < -0.3 is 5.73 Å². The molecule has 0 bridgehead atoms. The molecule has 0 fully saturated rings. The lowest BCUT2D eigenvalue weighted by Gasteiger charge is -2.05. The Balaban J connectivity index is 1.86. The van der Waals surface area contributed by atoms with E-state index >= 15 is 0 Å². The van der Waals surface area contributed by atoms with Crippen LogP contribution in [0.15, 0.2) is 89.2 Å². The van der Waals surface area contributed by atoms with E-state index in [0.29, 0.717) is 0 Å². The summed E-state index contributed by atoms with van der Waals surface area (Å²) in [6.45, 7) is 0. The van der Waals surface area contributed by atoms with E-state index in [-0.39, 0.29) is 10.9 Å². The topological polar surface area (TPSA) is 60.2 Å². The molecule has 0 aromatic heterocycles. The fraction of sp³-hybridized carbons (Fsp3) is 0.158. The Morgan fingerprint density at radius 2 is 1.52 bits per heavy atom. The monoisotopic (exact) mass is 327 g/mol. The van der Waals surface area contributed by atoms with Gasteiger partial charge in [-0.3, -0.25) is 0 Å². The van der Waals surface area contributed by atoms with Crippen LogP contribution in [0.2, 0.25) is 0 Å². The minimum absolute atomic E-state index is 0.0979. The van der Waals surface area contributed by atoms with Gasteiger partial charge in [-0.25, -0.2) is 8.42 Å². The molecule has 2 rings (SSSR count). The van der Waals surface area contributed by atoms with Crippen LogP contribution >= 0.6 is 0 Å². The Morgan fingerprint density at radius 1 is 0.913 bits per heavy atom. The van der Waals surface area contributed by atoms with Gasteiger partial charge in [0, 0.05) is 11.4 Å². The molecule has 0 unspecified atom stereocenters. The summed E-state index contributed by atoms with van der Waals surface area (Å²) < 4.78 is 24.1. The normalized spacial score (nSPS) is 13.6. The number of rotatable bonds is 7. The first kappa shape index (κ1) is 17.2. The van der Waals surface area contributed by atoms with Gasteiger partial charge in [-0.05, 0) is 30.5 Å². The van der Waals surface area contributed by atoms with E-state index < -0.39 is 9.84 Å². The van der Waals surface area contributed by atoms with E-state index in [1.165, 1.54) is 17.0 Å². The van der Waals surface area contributed by atoms with Crippen LogP contribution in [0.25, 0.3) is 0 Å². The molecule has 0 saturated carbocycles. The third-order valence-corrected chi connectivity index (χ3v) is 4.85. The molecular formula is C19H21NO2S. The molecule has 4 heteroatoms. The van der Waals surface area contributed by atoms with Gasteiger partial charge in [-0.1, -0.05) is 66.8 Å². The van der Waals surface area contributed by atoms with Crippen LogP contribution in [-0.2, 0) is 16.3 Å². The maximum Gasteiger partial charge on any atom is 0.199 e. The smallest absolute Gasteiger partial charge is 0.199 e. The average molecular weight is 327 g/mol. The van der Waals surface area contributed by atoms with Crippen molar-refractivity contribution in [3.05, 3.63) is 89.9 Å². The second kappa shape index (κ2) is 8.46. The molecular weight excluding hydrogens is 306 g/mol. The van der Waals surface area contributed by atoms with Gasteiger partial charge >= 0.3 is 0 Å². The van der Waals surface area contributed by atoms with Gasteiger partial charge in [0.15, 0.2) is 9.84 Å². The number of benzene rings is 2. The molecule has 0 heterocycles. The molecule has 0 radical (unpaired) electrons. The summed E-state index contributed by atoms with van der Waals surface area (Å²) in [4.78, 5) is 0.290. The van der Waals surface area contributed by atoms with Crippen molar-refractivity contribution >= 4 is 9.84 Å². The van der Waals surface area contributed by atoms with Crippen LogP contribution in [0.4, 0.5) is 0 Å². The number of hydrogen-bond acceptors (Lipinski definition) is 3. The van der Waals surface area contributed by atoms with Crippen LogP contribution in [0.1, 0.15) is 12.0 Å². The molecule has 2 aromatic rings. The predicted octanol–water partition coefficient (Wildman–Crippen LogP) is 3.49. The first-order valence-electron chi connectivity index (χ1n) is 7.52. The van der Waals surface area contributed by atoms with Crippen molar-refractivity contribution in [1.29, 1.82) is 0 Å². The van der Waals surface area contributed by atoms with Gasteiger partial charge in [0.05, 0.1) is 4.90 Å². The van der Waals surface area contributed by atoms with Gasteiger partial charge in [-0.2, -0.15) is 0 Å². The summed E-state index contributed by atoms with van der Waals surface area (Å²) in [5.74, 6) is 0. The molecule has 2 N–H and O–H groups in total. The summed E-state index contributed by atoms with van der Waals surface area (Å²) in [5, 5.41) is 1.20. The number of aryl methyl sites for hydroxylation is 1. The Kier molecular flexibility index (Phi) is 6.32. The van der Waals surface area contributed by atoms with Gasteiger partial charge in [0.25, 0.3) is 0 Å². The van der Waals surface area contributed by atoms with Crippen molar-refractivity contribution < 1.29 is 8.42 Å². The first-order chi connectivity index (χ1) is 11.1. The number of sulfone groups is 1. The summed E-state index contributed by atoms with van der Waals surface area (Å²) in [7, 11) is -3.39. The molecule has 120 valence electrons. The molecule has 0 amide bonds. The first-order valence-corrected chi connectivity index (χ1v) is 9.07. The Hall–Kier alpha value is -2.17. The zero-order chi connectivity index (χ0) is 16.5. The summed E-state index contributed by atoms with van der Waals surface area (Å²) in [5.41, 5.74) is 7.26. The minimum atomic E-state index is -3.39. The third kappa shape index (κ3) is 5.85. The molecule has 0 aliphatic carbocycles. The van der Waals surface area contributed by atoms with Crippen molar-refractivity contribution in [3.8, 4) is 0 Å². The highest BCUT2D eigenvalue weighted by Gasteiger charge is 2.07. The fourth-order valence-corrected chi connectivity index (χ4v) is 3.11. The van der Waals surface area contributed by atoms with Crippen LogP contribution < -0.4 is 5.73 Å². The second-order valence-corrected chi connectivity index (χ2v) is 7.09. The lowest BCUT2D eigenvalue weighted by molar-refractivity contribution is 0.604. The summed E-state index contributed by atoms with van der Waals surface area (Å²) >= 11 is 0. The average Bonchev–Trinajstić information content (AvgIpc) is 2.59. The molecule has 2 aromatic carbocycles. The maximum atomic E-state index is 12.0. The van der Waals surface area contributed by atoms with Crippen molar-refractivity contribution in [2.24, 2.45) is 5.73 Å². The molecule has 0 aliphatic rings. The second-order valence-electron chi connectivity index (χ2n) is 5.26. The van der Waals surface area contributed by atoms with Crippen LogP contribution in [0.5, 0.6) is 0 Å². The minimum Gasteiger partial charge on any atom is -0.324 e. The number of nitrogens with two attached hydrogens (primary N) is 1. The van der Waals surface area contributed by atoms with Crippen molar-refractivity contribution in [2.75, 3.05) is 0 Å². The number of allylic oxidation sites excluding steroid dienone is 2. The summed E-state index contributed by atoms with van der Waals surface area (Å²) in [6, 6.07) is 18.4. The maximum absolute atomic E-state index is 12.0. The van der Waals surface area contributed by atoms with E-state index in [2.05, 4.69) is 12.1 Å². The van der Waals surface area contributed by atoms with Gasteiger partial charge in [-0.15, -0.1) is 0 Å². The SMILES string of the molecule is N[C@H](C=CC=CS(=O)(=O)c1ccccc1)CCc1ccccc1. The van der Waals surface area contributed by atoms with Crippen molar-refractivity contribution in [1.82, 2.24) is 0 Å². The molecule has 23 heavy (non-hydrogen) atoms. The van der Waals surface area contributed by atoms with Crippen molar-refractivity contribution in [2.45, 2.75) is 23.8 Å². The number of hydrogen-bond donors (Lipinski definition) is 1. The van der Waals surface area contributed by atoms with Crippen molar-refractivity contribution in [3.63, 3.8) is 0 Å². The van der Waals surface area contributed by atoms with E-state index in [0.717, 1.165) is 12.8 Å². The largest absolute Gasteiger partial charge is 0.324 e. The fourth-order valence-electron chi connectivity index (χ4n) is 2.12. The van der Waals surface area contributed by atoms with E-state index in [1.807, 2.05) is 24.3 Å². The van der Waals surface area contributed by atoms with E-state index in [1.54, 1.807) is 36.4 Å². The van der Waals surface area contributed by atoms with Crippen LogP contribution in [0.3, 0.4) is 0 Å².